The first kappa shape index (κ1) is 12.7. The second-order valence-electron chi connectivity index (χ2n) is 5.09. The Labute approximate surface area is 121 Å². The van der Waals surface area contributed by atoms with Crippen LogP contribution in [0.2, 0.25) is 5.02 Å². The first-order valence-electron chi connectivity index (χ1n) is 6.29. The second kappa shape index (κ2) is 4.66. The van der Waals surface area contributed by atoms with E-state index >= 15 is 0 Å². The van der Waals surface area contributed by atoms with Gasteiger partial charge in [0, 0.05) is 33.2 Å². The number of thiazole rings is 1. The summed E-state index contributed by atoms with van der Waals surface area (Å²) in [5.74, 6) is 0.483. The highest BCUT2D eigenvalue weighted by molar-refractivity contribution is 7.13. The monoisotopic (exact) mass is 290 g/mol. The van der Waals surface area contributed by atoms with Crippen molar-refractivity contribution in [3.63, 3.8) is 0 Å². The molecule has 0 radical (unpaired) electrons. The molecule has 2 aromatic heterocycles. The lowest BCUT2D eigenvalue weighted by Gasteiger charge is -2.01. The molecule has 0 saturated carbocycles. The van der Waals surface area contributed by atoms with Crippen LogP contribution < -0.4 is 0 Å². The van der Waals surface area contributed by atoms with Gasteiger partial charge in [0.15, 0.2) is 0 Å². The van der Waals surface area contributed by atoms with Crippen LogP contribution in [-0.2, 0) is 0 Å². The number of aryl methyl sites for hydroxylation is 1. The number of rotatable bonds is 2. The molecule has 0 spiro atoms. The van der Waals surface area contributed by atoms with Gasteiger partial charge in [-0.25, -0.2) is 4.98 Å². The fourth-order valence-electron chi connectivity index (χ4n) is 2.13. The van der Waals surface area contributed by atoms with Crippen LogP contribution in [0, 0.1) is 6.92 Å². The molecule has 98 valence electrons. The quantitative estimate of drug-likeness (QED) is 0.675. The number of aromatic amines is 1. The van der Waals surface area contributed by atoms with Crippen molar-refractivity contribution in [3.8, 4) is 10.6 Å². The lowest BCUT2D eigenvalue weighted by atomic mass is 10.1. The first-order chi connectivity index (χ1) is 9.04. The summed E-state index contributed by atoms with van der Waals surface area (Å²) in [6, 6.07) is 6.29. The standard InChI is InChI=1S/C15H15ClN2S/c1-8(2)13-5-10-4-12(16)11(6-14(10)18-13)15-17-9(3)7-19-15/h4-8,18H,1-3H3. The Morgan fingerprint density at radius 2 is 2.05 bits per heavy atom. The smallest absolute Gasteiger partial charge is 0.125 e. The van der Waals surface area contributed by atoms with Crippen LogP contribution in [0.15, 0.2) is 23.6 Å². The summed E-state index contributed by atoms with van der Waals surface area (Å²) < 4.78 is 0. The highest BCUT2D eigenvalue weighted by Crippen LogP contribution is 2.34. The van der Waals surface area contributed by atoms with E-state index in [-0.39, 0.29) is 0 Å². The third kappa shape index (κ3) is 2.28. The van der Waals surface area contributed by atoms with E-state index in [4.69, 9.17) is 11.6 Å². The van der Waals surface area contributed by atoms with Gasteiger partial charge in [0.05, 0.1) is 5.02 Å². The van der Waals surface area contributed by atoms with Gasteiger partial charge >= 0.3 is 0 Å². The lowest BCUT2D eigenvalue weighted by Crippen LogP contribution is -1.85. The molecule has 0 unspecified atom stereocenters. The zero-order valence-corrected chi connectivity index (χ0v) is 12.7. The molecule has 4 heteroatoms. The van der Waals surface area contributed by atoms with E-state index in [2.05, 4.69) is 35.9 Å². The first-order valence-corrected chi connectivity index (χ1v) is 7.55. The van der Waals surface area contributed by atoms with E-state index in [1.165, 1.54) is 5.69 Å². The molecular weight excluding hydrogens is 276 g/mol. The molecule has 0 aliphatic rings. The minimum Gasteiger partial charge on any atom is -0.358 e. The number of H-pyrrole nitrogens is 1. The van der Waals surface area contributed by atoms with Gasteiger partial charge in [-0.3, -0.25) is 0 Å². The summed E-state index contributed by atoms with van der Waals surface area (Å²) in [7, 11) is 0. The number of halogens is 1. The van der Waals surface area contributed by atoms with Gasteiger partial charge in [-0.1, -0.05) is 25.4 Å². The molecule has 1 N–H and O–H groups in total. The number of hydrogen-bond donors (Lipinski definition) is 1. The van der Waals surface area contributed by atoms with Gasteiger partial charge in [-0.15, -0.1) is 11.3 Å². The third-order valence-corrected chi connectivity index (χ3v) is 4.51. The zero-order chi connectivity index (χ0) is 13.6. The van der Waals surface area contributed by atoms with E-state index in [0.29, 0.717) is 5.92 Å². The van der Waals surface area contributed by atoms with Crippen molar-refractivity contribution in [1.29, 1.82) is 0 Å². The second-order valence-corrected chi connectivity index (χ2v) is 6.36. The maximum Gasteiger partial charge on any atom is 0.125 e. The van der Waals surface area contributed by atoms with Gasteiger partial charge in [-0.2, -0.15) is 0 Å². The number of fused-ring (bicyclic) bond motifs is 1. The van der Waals surface area contributed by atoms with Crippen LogP contribution in [0.3, 0.4) is 0 Å². The highest BCUT2D eigenvalue weighted by Gasteiger charge is 2.11. The van der Waals surface area contributed by atoms with E-state index in [0.717, 1.165) is 32.2 Å². The number of nitrogens with zero attached hydrogens (tertiary/aromatic N) is 1. The maximum atomic E-state index is 6.39. The number of aromatic nitrogens is 2. The normalized spacial score (nSPS) is 11.6. The Bertz CT molecular complexity index is 740. The fourth-order valence-corrected chi connectivity index (χ4v) is 3.27. The summed E-state index contributed by atoms with van der Waals surface area (Å²) >= 11 is 8.02. The number of hydrogen-bond acceptors (Lipinski definition) is 2. The van der Waals surface area contributed by atoms with Crippen molar-refractivity contribution in [2.45, 2.75) is 26.7 Å². The van der Waals surface area contributed by atoms with Crippen LogP contribution in [0.4, 0.5) is 0 Å². The maximum absolute atomic E-state index is 6.39. The third-order valence-electron chi connectivity index (χ3n) is 3.20. The molecule has 1 aromatic carbocycles. The summed E-state index contributed by atoms with van der Waals surface area (Å²) in [6.45, 7) is 6.35. The van der Waals surface area contributed by atoms with Crippen LogP contribution in [0.1, 0.15) is 31.2 Å². The van der Waals surface area contributed by atoms with Gasteiger partial charge in [0.1, 0.15) is 5.01 Å². The van der Waals surface area contributed by atoms with Crippen LogP contribution >= 0.6 is 22.9 Å². The van der Waals surface area contributed by atoms with Crippen LogP contribution in [0.5, 0.6) is 0 Å². The predicted molar refractivity (Wildman–Crippen MR) is 83.2 cm³/mol. The summed E-state index contributed by atoms with van der Waals surface area (Å²) in [5.41, 5.74) is 4.39. The Balaban J connectivity index is 2.18. The molecule has 2 heterocycles. The van der Waals surface area contributed by atoms with Crippen molar-refractivity contribution < 1.29 is 0 Å². The van der Waals surface area contributed by atoms with Gasteiger partial charge in [0.25, 0.3) is 0 Å². The van der Waals surface area contributed by atoms with Gasteiger partial charge in [0.2, 0.25) is 0 Å². The number of benzene rings is 1. The number of nitrogens with one attached hydrogen (secondary N) is 1. The van der Waals surface area contributed by atoms with E-state index in [9.17, 15) is 0 Å². The molecule has 19 heavy (non-hydrogen) atoms. The minimum atomic E-state index is 0.483. The molecule has 3 aromatic rings. The Morgan fingerprint density at radius 3 is 2.68 bits per heavy atom. The SMILES string of the molecule is Cc1csc(-c2cc3[nH]c(C(C)C)cc3cc2Cl)n1. The summed E-state index contributed by atoms with van der Waals surface area (Å²) in [6.07, 6.45) is 0. The molecular formula is C15H15ClN2S. The molecule has 0 atom stereocenters. The summed E-state index contributed by atoms with van der Waals surface area (Å²) in [5, 5.41) is 4.94. The average molecular weight is 291 g/mol. The zero-order valence-electron chi connectivity index (χ0n) is 11.1. The average Bonchev–Trinajstić information content (AvgIpc) is 2.93. The van der Waals surface area contributed by atoms with E-state index in [1.54, 1.807) is 11.3 Å². The molecule has 0 aliphatic carbocycles. The molecule has 0 amide bonds. The predicted octanol–water partition coefficient (Wildman–Crippen LogP) is 5.38. The van der Waals surface area contributed by atoms with Crippen molar-refractivity contribution >= 4 is 33.8 Å². The van der Waals surface area contributed by atoms with Crippen molar-refractivity contribution in [2.24, 2.45) is 0 Å². The molecule has 0 aliphatic heterocycles. The molecule has 0 bridgehead atoms. The van der Waals surface area contributed by atoms with Crippen molar-refractivity contribution in [1.82, 2.24) is 9.97 Å². The largest absolute Gasteiger partial charge is 0.358 e. The van der Waals surface area contributed by atoms with Gasteiger partial charge < -0.3 is 4.98 Å². The Morgan fingerprint density at radius 1 is 1.26 bits per heavy atom. The Hall–Kier alpha value is -1.32. The van der Waals surface area contributed by atoms with Gasteiger partial charge in [-0.05, 0) is 31.0 Å². The van der Waals surface area contributed by atoms with E-state index in [1.807, 2.05) is 18.4 Å². The Kier molecular flexibility index (Phi) is 3.11. The fraction of sp³-hybridized carbons (Fsp3) is 0.267. The van der Waals surface area contributed by atoms with E-state index < -0.39 is 0 Å². The molecule has 0 fully saturated rings. The van der Waals surface area contributed by atoms with Crippen molar-refractivity contribution in [2.75, 3.05) is 0 Å². The topological polar surface area (TPSA) is 28.7 Å². The van der Waals surface area contributed by atoms with Crippen molar-refractivity contribution in [3.05, 3.63) is 40.0 Å². The summed E-state index contributed by atoms with van der Waals surface area (Å²) in [4.78, 5) is 7.97. The molecule has 2 nitrogen and oxygen atoms in total. The van der Waals surface area contributed by atoms with Crippen LogP contribution in [-0.4, -0.2) is 9.97 Å². The lowest BCUT2D eigenvalue weighted by molar-refractivity contribution is 0.836. The molecule has 0 saturated heterocycles. The highest BCUT2D eigenvalue weighted by atomic mass is 35.5. The minimum absolute atomic E-state index is 0.483. The van der Waals surface area contributed by atoms with Crippen LogP contribution in [0.25, 0.3) is 21.5 Å². The molecule has 3 rings (SSSR count).